The SMILES string of the molecule is NCc1cc(S(=O)(=O)NCCCCC(F)(F)F)ccc1F. The van der Waals surface area contributed by atoms with Crippen LogP contribution < -0.4 is 10.5 Å². The minimum atomic E-state index is -4.24. The molecule has 0 aliphatic heterocycles. The molecule has 3 N–H and O–H groups in total. The molecule has 0 spiro atoms. The van der Waals surface area contributed by atoms with Crippen LogP contribution in [0.15, 0.2) is 23.1 Å². The summed E-state index contributed by atoms with van der Waals surface area (Å²) in [6.07, 6.45) is -5.30. The Morgan fingerprint density at radius 3 is 2.43 bits per heavy atom. The first-order chi connectivity index (χ1) is 9.65. The third-order valence-corrected chi connectivity index (χ3v) is 4.19. The Kier molecular flexibility index (Phi) is 6.11. The Balaban J connectivity index is 2.58. The van der Waals surface area contributed by atoms with E-state index in [1.54, 1.807) is 0 Å². The summed E-state index contributed by atoms with van der Waals surface area (Å²) in [7, 11) is -3.88. The molecule has 0 saturated carbocycles. The van der Waals surface area contributed by atoms with Gasteiger partial charge in [0.25, 0.3) is 0 Å². The van der Waals surface area contributed by atoms with Crippen LogP contribution in [0.4, 0.5) is 17.6 Å². The third-order valence-electron chi connectivity index (χ3n) is 2.73. The molecule has 4 nitrogen and oxygen atoms in total. The fourth-order valence-electron chi connectivity index (χ4n) is 1.62. The molecular formula is C12H16F4N2O2S. The van der Waals surface area contributed by atoms with Gasteiger partial charge in [-0.3, -0.25) is 0 Å². The highest BCUT2D eigenvalue weighted by molar-refractivity contribution is 7.89. The smallest absolute Gasteiger partial charge is 0.326 e. The van der Waals surface area contributed by atoms with E-state index in [2.05, 4.69) is 4.72 Å². The third kappa shape index (κ3) is 5.98. The van der Waals surface area contributed by atoms with Crippen LogP contribution in [0.1, 0.15) is 24.8 Å². The van der Waals surface area contributed by atoms with E-state index in [9.17, 15) is 26.0 Å². The zero-order valence-electron chi connectivity index (χ0n) is 11.1. The van der Waals surface area contributed by atoms with Crippen molar-refractivity contribution in [3.05, 3.63) is 29.6 Å². The van der Waals surface area contributed by atoms with Gasteiger partial charge in [-0.1, -0.05) is 0 Å². The number of alkyl halides is 3. The number of nitrogens with one attached hydrogen (secondary N) is 1. The lowest BCUT2D eigenvalue weighted by atomic mass is 10.2. The molecule has 1 aromatic carbocycles. The monoisotopic (exact) mass is 328 g/mol. The molecule has 0 radical (unpaired) electrons. The fourth-order valence-corrected chi connectivity index (χ4v) is 2.74. The second kappa shape index (κ2) is 7.19. The van der Waals surface area contributed by atoms with Gasteiger partial charge in [0.1, 0.15) is 5.82 Å². The molecule has 0 unspecified atom stereocenters. The van der Waals surface area contributed by atoms with E-state index in [1.807, 2.05) is 0 Å². The molecule has 0 bridgehead atoms. The first kappa shape index (κ1) is 17.9. The quantitative estimate of drug-likeness (QED) is 0.596. The Morgan fingerprint density at radius 2 is 1.86 bits per heavy atom. The number of hydrogen-bond acceptors (Lipinski definition) is 3. The van der Waals surface area contributed by atoms with Gasteiger partial charge in [-0.15, -0.1) is 0 Å². The lowest BCUT2D eigenvalue weighted by Crippen LogP contribution is -2.25. The molecule has 0 aliphatic rings. The highest BCUT2D eigenvalue weighted by atomic mass is 32.2. The molecule has 120 valence electrons. The van der Waals surface area contributed by atoms with Gasteiger partial charge in [-0.05, 0) is 31.0 Å². The summed E-state index contributed by atoms with van der Waals surface area (Å²) in [4.78, 5) is -0.167. The van der Waals surface area contributed by atoms with E-state index >= 15 is 0 Å². The normalized spacial score (nSPS) is 12.6. The van der Waals surface area contributed by atoms with Gasteiger partial charge in [-0.2, -0.15) is 13.2 Å². The van der Waals surface area contributed by atoms with Crippen LogP contribution in [-0.2, 0) is 16.6 Å². The number of hydrogen-bond donors (Lipinski definition) is 2. The number of unbranched alkanes of at least 4 members (excludes halogenated alkanes) is 1. The minimum absolute atomic E-state index is 0.0509. The summed E-state index contributed by atoms with van der Waals surface area (Å²) in [6, 6.07) is 3.17. The van der Waals surface area contributed by atoms with Gasteiger partial charge in [0.15, 0.2) is 0 Å². The summed E-state index contributed by atoms with van der Waals surface area (Å²) in [6.45, 7) is -0.269. The van der Waals surface area contributed by atoms with Crippen molar-refractivity contribution in [3.8, 4) is 0 Å². The van der Waals surface area contributed by atoms with Gasteiger partial charge in [0, 0.05) is 25.1 Å². The van der Waals surface area contributed by atoms with E-state index in [0.717, 1.165) is 18.2 Å². The summed E-state index contributed by atoms with van der Waals surface area (Å²) in [5.74, 6) is -0.610. The molecule has 0 saturated heterocycles. The lowest BCUT2D eigenvalue weighted by molar-refractivity contribution is -0.135. The van der Waals surface area contributed by atoms with Gasteiger partial charge >= 0.3 is 6.18 Å². The maximum atomic E-state index is 13.2. The standard InChI is InChI=1S/C12H16F4N2O2S/c13-11-4-3-10(7-9(11)8-17)21(19,20)18-6-2-1-5-12(14,15)16/h3-4,7,18H,1-2,5-6,8,17H2. The molecule has 0 aromatic heterocycles. The first-order valence-corrected chi connectivity index (χ1v) is 7.69. The Labute approximate surface area is 120 Å². The summed E-state index contributed by atoms with van der Waals surface area (Å²) < 4.78 is 74.9. The summed E-state index contributed by atoms with van der Waals surface area (Å²) >= 11 is 0. The zero-order chi connectivity index (χ0) is 16.1. The molecule has 0 heterocycles. The first-order valence-electron chi connectivity index (χ1n) is 6.20. The zero-order valence-corrected chi connectivity index (χ0v) is 11.9. The summed E-state index contributed by atoms with van der Waals surface area (Å²) in [5.41, 5.74) is 5.33. The minimum Gasteiger partial charge on any atom is -0.326 e. The van der Waals surface area contributed by atoms with Crippen LogP contribution in [0.5, 0.6) is 0 Å². The molecule has 1 aromatic rings. The van der Waals surface area contributed by atoms with Crippen molar-refractivity contribution in [1.29, 1.82) is 0 Å². The van der Waals surface area contributed by atoms with E-state index in [4.69, 9.17) is 5.73 Å². The summed E-state index contributed by atoms with van der Waals surface area (Å²) in [5, 5.41) is 0. The highest BCUT2D eigenvalue weighted by Crippen LogP contribution is 2.22. The second-order valence-electron chi connectivity index (χ2n) is 4.43. The van der Waals surface area contributed by atoms with Crippen molar-refractivity contribution in [2.24, 2.45) is 5.73 Å². The molecule has 0 atom stereocenters. The average Bonchev–Trinajstić information content (AvgIpc) is 2.37. The Bertz CT molecular complexity index is 573. The fraction of sp³-hybridized carbons (Fsp3) is 0.500. The highest BCUT2D eigenvalue weighted by Gasteiger charge is 2.26. The number of rotatable bonds is 7. The van der Waals surface area contributed by atoms with Crippen LogP contribution >= 0.6 is 0 Å². The molecular weight excluding hydrogens is 312 g/mol. The van der Waals surface area contributed by atoms with Crippen LogP contribution in [0.3, 0.4) is 0 Å². The van der Waals surface area contributed by atoms with Crippen LogP contribution in [0.2, 0.25) is 0 Å². The lowest BCUT2D eigenvalue weighted by Gasteiger charge is -2.09. The van der Waals surface area contributed by atoms with E-state index in [0.29, 0.717) is 0 Å². The van der Waals surface area contributed by atoms with Crippen LogP contribution in [0, 0.1) is 5.82 Å². The second-order valence-corrected chi connectivity index (χ2v) is 6.19. The Hall–Kier alpha value is -1.19. The number of benzene rings is 1. The molecule has 1 rings (SSSR count). The number of halogens is 4. The van der Waals surface area contributed by atoms with Crippen molar-refractivity contribution in [2.75, 3.05) is 6.54 Å². The van der Waals surface area contributed by atoms with Crippen molar-refractivity contribution in [2.45, 2.75) is 36.9 Å². The molecule has 21 heavy (non-hydrogen) atoms. The average molecular weight is 328 g/mol. The molecule has 0 amide bonds. The maximum Gasteiger partial charge on any atom is 0.389 e. The van der Waals surface area contributed by atoms with Gasteiger partial charge < -0.3 is 5.73 Å². The molecule has 0 aliphatic carbocycles. The van der Waals surface area contributed by atoms with Crippen molar-refractivity contribution in [1.82, 2.24) is 4.72 Å². The Morgan fingerprint density at radius 1 is 1.19 bits per heavy atom. The van der Waals surface area contributed by atoms with Gasteiger partial charge in [-0.25, -0.2) is 17.5 Å². The van der Waals surface area contributed by atoms with Crippen molar-refractivity contribution >= 4 is 10.0 Å². The van der Waals surface area contributed by atoms with Crippen molar-refractivity contribution in [3.63, 3.8) is 0 Å². The number of nitrogens with two attached hydrogens (primary N) is 1. The van der Waals surface area contributed by atoms with Crippen molar-refractivity contribution < 1.29 is 26.0 Å². The largest absolute Gasteiger partial charge is 0.389 e. The predicted octanol–water partition coefficient (Wildman–Crippen LogP) is 2.30. The van der Waals surface area contributed by atoms with E-state index < -0.39 is 28.4 Å². The predicted molar refractivity (Wildman–Crippen MR) is 69.4 cm³/mol. The maximum absolute atomic E-state index is 13.2. The molecule has 9 heteroatoms. The topological polar surface area (TPSA) is 72.2 Å². The van der Waals surface area contributed by atoms with Gasteiger partial charge in [0.2, 0.25) is 10.0 Å². The van der Waals surface area contributed by atoms with E-state index in [1.165, 1.54) is 0 Å². The van der Waals surface area contributed by atoms with E-state index in [-0.39, 0.29) is 36.4 Å². The van der Waals surface area contributed by atoms with Crippen LogP contribution in [0.25, 0.3) is 0 Å². The van der Waals surface area contributed by atoms with Crippen LogP contribution in [-0.4, -0.2) is 21.1 Å². The molecule has 0 fully saturated rings. The van der Waals surface area contributed by atoms with Gasteiger partial charge in [0.05, 0.1) is 4.90 Å². The number of sulfonamides is 1.